The number of aliphatic carboxylic acids is 1. The molecular formula is C29H29F4N3O5. The summed E-state index contributed by atoms with van der Waals surface area (Å²) in [4.78, 5) is 37.6. The number of halogens is 4. The molecular weight excluding hydrogens is 546 g/mol. The highest BCUT2D eigenvalue weighted by Gasteiger charge is 2.31. The molecule has 0 radical (unpaired) electrons. The number of hydrogen-bond donors (Lipinski definition) is 3. The number of nitrogens with one attached hydrogen (secondary N) is 2. The van der Waals surface area contributed by atoms with Crippen molar-refractivity contribution in [3.8, 4) is 5.75 Å². The number of hydrogen-bond acceptors (Lipinski definition) is 4. The average molecular weight is 576 g/mol. The normalized spacial score (nSPS) is 12.3. The highest BCUT2D eigenvalue weighted by atomic mass is 19.4. The maximum Gasteiger partial charge on any atom is 0.573 e. The summed E-state index contributed by atoms with van der Waals surface area (Å²) in [5.74, 6) is -2.77. The standard InChI is InChI=1S/C29H29F4N3O5/c1-28(2,3)20-8-12-22(13-9-20)36(27(40)35-21-10-14-23(15-11-21)41-29(31,32)33)17-18-4-6-19(7-5-18)25(37)34-16-24(30)26(38)39/h4-15,24H,16-17H2,1-3H3,(H,34,37)(H,35,40)(H,38,39). The number of amides is 3. The Kier molecular flexibility index (Phi) is 9.59. The van der Waals surface area contributed by atoms with Crippen molar-refractivity contribution in [2.24, 2.45) is 0 Å². The Morgan fingerprint density at radius 2 is 1.49 bits per heavy atom. The Bertz CT molecular complexity index is 1350. The average Bonchev–Trinajstić information content (AvgIpc) is 2.90. The second-order valence-electron chi connectivity index (χ2n) is 10.1. The fourth-order valence-corrected chi connectivity index (χ4v) is 3.67. The number of rotatable bonds is 9. The van der Waals surface area contributed by atoms with E-state index in [0.717, 1.165) is 17.7 Å². The minimum atomic E-state index is -4.84. The first-order valence-electron chi connectivity index (χ1n) is 12.4. The van der Waals surface area contributed by atoms with E-state index in [1.165, 1.54) is 29.2 Å². The van der Waals surface area contributed by atoms with Crippen molar-refractivity contribution in [2.75, 3.05) is 16.8 Å². The minimum absolute atomic E-state index is 0.0590. The van der Waals surface area contributed by atoms with Gasteiger partial charge in [-0.25, -0.2) is 14.0 Å². The summed E-state index contributed by atoms with van der Waals surface area (Å²) < 4.78 is 54.5. The van der Waals surface area contributed by atoms with E-state index in [2.05, 4.69) is 15.4 Å². The number of nitrogens with zero attached hydrogens (tertiary/aromatic N) is 1. The summed E-state index contributed by atoms with van der Waals surface area (Å²) >= 11 is 0. The van der Waals surface area contributed by atoms with E-state index in [0.29, 0.717) is 11.3 Å². The summed E-state index contributed by atoms with van der Waals surface area (Å²) in [6.45, 7) is 5.52. The Balaban J connectivity index is 1.80. The molecule has 41 heavy (non-hydrogen) atoms. The number of urea groups is 1. The van der Waals surface area contributed by atoms with Crippen LogP contribution in [0.25, 0.3) is 0 Å². The van der Waals surface area contributed by atoms with Gasteiger partial charge in [0.15, 0.2) is 0 Å². The van der Waals surface area contributed by atoms with Crippen molar-refractivity contribution >= 4 is 29.3 Å². The van der Waals surface area contributed by atoms with E-state index in [1.54, 1.807) is 24.3 Å². The smallest absolute Gasteiger partial charge is 0.479 e. The molecule has 0 aliphatic carbocycles. The molecule has 1 unspecified atom stereocenters. The van der Waals surface area contributed by atoms with Gasteiger partial charge in [0.2, 0.25) is 6.17 Å². The van der Waals surface area contributed by atoms with Gasteiger partial charge in [0, 0.05) is 16.9 Å². The monoisotopic (exact) mass is 575 g/mol. The molecule has 0 bridgehead atoms. The molecule has 1 atom stereocenters. The summed E-state index contributed by atoms with van der Waals surface area (Å²) in [6.07, 6.45) is -7.08. The van der Waals surface area contributed by atoms with E-state index in [4.69, 9.17) is 5.11 Å². The highest BCUT2D eigenvalue weighted by molar-refractivity contribution is 6.01. The molecule has 0 aliphatic rings. The van der Waals surface area contributed by atoms with E-state index in [-0.39, 0.29) is 23.2 Å². The number of ether oxygens (including phenoxy) is 1. The van der Waals surface area contributed by atoms with Gasteiger partial charge in [0.1, 0.15) is 5.75 Å². The summed E-state index contributed by atoms with van der Waals surface area (Å²) in [6, 6.07) is 17.6. The van der Waals surface area contributed by atoms with E-state index in [9.17, 15) is 31.9 Å². The third kappa shape index (κ3) is 9.23. The van der Waals surface area contributed by atoms with Gasteiger partial charge in [-0.1, -0.05) is 45.0 Å². The Labute approximate surface area is 233 Å². The molecule has 3 rings (SSSR count). The van der Waals surface area contributed by atoms with Crippen molar-refractivity contribution < 1.29 is 41.8 Å². The molecule has 8 nitrogen and oxygen atoms in total. The molecule has 0 heterocycles. The molecule has 0 saturated carbocycles. The fourth-order valence-electron chi connectivity index (χ4n) is 3.67. The van der Waals surface area contributed by atoms with Crippen LogP contribution in [0.2, 0.25) is 0 Å². The number of carbonyl (C=O) groups is 3. The second kappa shape index (κ2) is 12.7. The molecule has 0 aromatic heterocycles. The van der Waals surface area contributed by atoms with Crippen LogP contribution in [0.4, 0.5) is 33.7 Å². The zero-order chi connectivity index (χ0) is 30.4. The molecule has 0 spiro atoms. The molecule has 3 aromatic rings. The zero-order valence-corrected chi connectivity index (χ0v) is 22.5. The summed E-state index contributed by atoms with van der Waals surface area (Å²) in [5.41, 5.74) is 2.47. The molecule has 3 aromatic carbocycles. The van der Waals surface area contributed by atoms with Crippen LogP contribution >= 0.6 is 0 Å². The van der Waals surface area contributed by atoms with Crippen LogP contribution in [0.15, 0.2) is 72.8 Å². The predicted molar refractivity (Wildman–Crippen MR) is 145 cm³/mol. The van der Waals surface area contributed by atoms with Gasteiger partial charge in [-0.3, -0.25) is 9.69 Å². The van der Waals surface area contributed by atoms with Crippen LogP contribution in [0, 0.1) is 0 Å². The number of alkyl halides is 4. The Morgan fingerprint density at radius 1 is 0.902 bits per heavy atom. The van der Waals surface area contributed by atoms with Gasteiger partial charge in [0.05, 0.1) is 13.1 Å². The van der Waals surface area contributed by atoms with Gasteiger partial charge < -0.3 is 20.5 Å². The number of carboxylic acids is 1. The fraction of sp³-hybridized carbons (Fsp3) is 0.276. The second-order valence-corrected chi connectivity index (χ2v) is 10.1. The Hall–Kier alpha value is -4.61. The topological polar surface area (TPSA) is 108 Å². The first-order chi connectivity index (χ1) is 19.1. The lowest BCUT2D eigenvalue weighted by atomic mass is 9.87. The third-order valence-corrected chi connectivity index (χ3v) is 5.90. The van der Waals surface area contributed by atoms with Crippen LogP contribution in [0.1, 0.15) is 42.3 Å². The maximum absolute atomic E-state index is 13.3. The molecule has 0 fully saturated rings. The van der Waals surface area contributed by atoms with Crippen molar-refractivity contribution in [1.82, 2.24) is 5.32 Å². The zero-order valence-electron chi connectivity index (χ0n) is 22.5. The predicted octanol–water partition coefficient (Wildman–Crippen LogP) is 6.27. The summed E-state index contributed by atoms with van der Waals surface area (Å²) in [7, 11) is 0. The molecule has 218 valence electrons. The van der Waals surface area contributed by atoms with Gasteiger partial charge in [0.25, 0.3) is 5.91 Å². The van der Waals surface area contributed by atoms with E-state index < -0.39 is 42.7 Å². The summed E-state index contributed by atoms with van der Waals surface area (Å²) in [5, 5.41) is 13.5. The van der Waals surface area contributed by atoms with Crippen LogP contribution in [0.3, 0.4) is 0 Å². The first kappa shape index (κ1) is 30.9. The van der Waals surface area contributed by atoms with Gasteiger partial charge in [-0.05, 0) is 65.1 Å². The highest BCUT2D eigenvalue weighted by Crippen LogP contribution is 2.27. The molecule has 12 heteroatoms. The van der Waals surface area contributed by atoms with Crippen LogP contribution < -0.4 is 20.3 Å². The van der Waals surface area contributed by atoms with Crippen molar-refractivity contribution in [1.29, 1.82) is 0 Å². The number of carboxylic acid groups (broad SMARTS) is 1. The van der Waals surface area contributed by atoms with E-state index in [1.807, 2.05) is 32.9 Å². The Morgan fingerprint density at radius 3 is 2.00 bits per heavy atom. The lowest BCUT2D eigenvalue weighted by Gasteiger charge is -2.25. The van der Waals surface area contributed by atoms with Crippen molar-refractivity contribution in [3.63, 3.8) is 0 Å². The first-order valence-corrected chi connectivity index (χ1v) is 12.4. The van der Waals surface area contributed by atoms with Crippen molar-refractivity contribution in [3.05, 3.63) is 89.5 Å². The maximum atomic E-state index is 13.3. The molecule has 3 amide bonds. The van der Waals surface area contributed by atoms with Gasteiger partial charge in [-0.2, -0.15) is 0 Å². The van der Waals surface area contributed by atoms with Crippen LogP contribution in [0.5, 0.6) is 5.75 Å². The molecule has 0 aliphatic heterocycles. The number of carbonyl (C=O) groups excluding carboxylic acids is 2. The largest absolute Gasteiger partial charge is 0.573 e. The molecule has 3 N–H and O–H groups in total. The third-order valence-electron chi connectivity index (χ3n) is 5.90. The molecule has 0 saturated heterocycles. The van der Waals surface area contributed by atoms with Gasteiger partial charge in [-0.15, -0.1) is 13.2 Å². The SMILES string of the molecule is CC(C)(C)c1ccc(N(Cc2ccc(C(=O)NCC(F)C(=O)O)cc2)C(=O)Nc2ccc(OC(F)(F)F)cc2)cc1. The van der Waals surface area contributed by atoms with Crippen LogP contribution in [-0.2, 0) is 16.8 Å². The minimum Gasteiger partial charge on any atom is -0.479 e. The lowest BCUT2D eigenvalue weighted by Crippen LogP contribution is -2.35. The van der Waals surface area contributed by atoms with E-state index >= 15 is 0 Å². The van der Waals surface area contributed by atoms with Gasteiger partial charge >= 0.3 is 18.4 Å². The van der Waals surface area contributed by atoms with Crippen molar-refractivity contribution in [2.45, 2.75) is 45.3 Å². The lowest BCUT2D eigenvalue weighted by molar-refractivity contribution is -0.274. The van der Waals surface area contributed by atoms with Crippen LogP contribution in [-0.4, -0.2) is 42.1 Å². The number of anilines is 2. The quantitative estimate of drug-likeness (QED) is 0.261. The number of benzene rings is 3.